The summed E-state index contributed by atoms with van der Waals surface area (Å²) < 4.78 is 0. The van der Waals surface area contributed by atoms with Gasteiger partial charge in [-0.05, 0) is 26.8 Å². The maximum absolute atomic E-state index is 5.21. The van der Waals surface area contributed by atoms with E-state index in [1.807, 2.05) is 26.8 Å². The Morgan fingerprint density at radius 3 is 2.50 bits per heavy atom. The zero-order valence-corrected chi connectivity index (χ0v) is 8.83. The molecule has 1 aromatic rings. The normalized spacial score (nSPS) is 11.9. The highest BCUT2D eigenvalue weighted by Crippen LogP contribution is 2.06. The van der Waals surface area contributed by atoms with Crippen LogP contribution in [0.25, 0.3) is 0 Å². The third kappa shape index (κ3) is 3.06. The van der Waals surface area contributed by atoms with Crippen LogP contribution in [-0.2, 0) is 0 Å². The standard InChI is InChI=1S/C11H15N3/c1-5-6-8(2)12-11-13-9(3)7-10(4)14-11/h1,7-8H,6H2,2-4H3,(H,12,13,14). The van der Waals surface area contributed by atoms with Gasteiger partial charge in [0.1, 0.15) is 0 Å². The van der Waals surface area contributed by atoms with Crippen LogP contribution >= 0.6 is 0 Å². The van der Waals surface area contributed by atoms with E-state index in [4.69, 9.17) is 6.42 Å². The van der Waals surface area contributed by atoms with Crippen molar-refractivity contribution in [2.75, 3.05) is 5.32 Å². The zero-order valence-electron chi connectivity index (χ0n) is 8.83. The predicted octanol–water partition coefficient (Wildman–Crippen LogP) is 1.92. The molecule has 1 aromatic heterocycles. The molecule has 0 aliphatic carbocycles. The molecule has 1 atom stereocenters. The average molecular weight is 189 g/mol. The fourth-order valence-electron chi connectivity index (χ4n) is 1.24. The quantitative estimate of drug-likeness (QED) is 0.738. The van der Waals surface area contributed by atoms with E-state index in [0.717, 1.165) is 11.4 Å². The van der Waals surface area contributed by atoms with E-state index >= 15 is 0 Å². The molecule has 14 heavy (non-hydrogen) atoms. The number of aryl methyl sites for hydroxylation is 2. The predicted molar refractivity (Wildman–Crippen MR) is 58.0 cm³/mol. The van der Waals surface area contributed by atoms with E-state index in [1.165, 1.54) is 0 Å². The molecule has 0 aromatic carbocycles. The molecule has 0 saturated carbocycles. The Balaban J connectivity index is 2.72. The lowest BCUT2D eigenvalue weighted by atomic mass is 10.2. The monoisotopic (exact) mass is 189 g/mol. The SMILES string of the molecule is C#CCC(C)Nc1nc(C)cc(C)n1. The van der Waals surface area contributed by atoms with E-state index in [-0.39, 0.29) is 6.04 Å². The molecule has 1 rings (SSSR count). The molecule has 3 nitrogen and oxygen atoms in total. The number of nitrogens with one attached hydrogen (secondary N) is 1. The minimum absolute atomic E-state index is 0.209. The molecule has 0 aliphatic rings. The van der Waals surface area contributed by atoms with Crippen LogP contribution in [0.1, 0.15) is 24.7 Å². The topological polar surface area (TPSA) is 37.8 Å². The van der Waals surface area contributed by atoms with Gasteiger partial charge in [0.05, 0.1) is 0 Å². The van der Waals surface area contributed by atoms with Crippen molar-refractivity contribution in [2.24, 2.45) is 0 Å². The number of anilines is 1. The summed E-state index contributed by atoms with van der Waals surface area (Å²) in [6.07, 6.45) is 5.89. The van der Waals surface area contributed by atoms with Crippen LogP contribution in [0.15, 0.2) is 6.07 Å². The minimum Gasteiger partial charge on any atom is -0.351 e. The largest absolute Gasteiger partial charge is 0.351 e. The van der Waals surface area contributed by atoms with Gasteiger partial charge in [-0.25, -0.2) is 9.97 Å². The Morgan fingerprint density at radius 1 is 1.43 bits per heavy atom. The molecule has 0 bridgehead atoms. The third-order valence-electron chi connectivity index (χ3n) is 1.78. The van der Waals surface area contributed by atoms with Gasteiger partial charge in [0, 0.05) is 23.9 Å². The average Bonchev–Trinajstić information content (AvgIpc) is 2.01. The number of aromatic nitrogens is 2. The fourth-order valence-corrected chi connectivity index (χ4v) is 1.24. The van der Waals surface area contributed by atoms with Gasteiger partial charge in [-0.15, -0.1) is 12.3 Å². The van der Waals surface area contributed by atoms with Crippen molar-refractivity contribution in [3.8, 4) is 12.3 Å². The molecule has 74 valence electrons. The van der Waals surface area contributed by atoms with E-state index in [2.05, 4.69) is 21.2 Å². The summed E-state index contributed by atoms with van der Waals surface area (Å²) >= 11 is 0. The van der Waals surface area contributed by atoms with E-state index in [0.29, 0.717) is 12.4 Å². The molecule has 1 N–H and O–H groups in total. The first-order valence-electron chi connectivity index (χ1n) is 4.64. The summed E-state index contributed by atoms with van der Waals surface area (Å²) in [5, 5.41) is 3.16. The highest BCUT2D eigenvalue weighted by molar-refractivity contribution is 5.29. The molecule has 0 amide bonds. The van der Waals surface area contributed by atoms with Crippen molar-refractivity contribution in [1.82, 2.24) is 9.97 Å². The lowest BCUT2D eigenvalue weighted by Crippen LogP contribution is -2.16. The lowest BCUT2D eigenvalue weighted by Gasteiger charge is -2.11. The van der Waals surface area contributed by atoms with Crippen LogP contribution in [-0.4, -0.2) is 16.0 Å². The second kappa shape index (κ2) is 4.61. The second-order valence-corrected chi connectivity index (χ2v) is 3.43. The van der Waals surface area contributed by atoms with Gasteiger partial charge in [-0.1, -0.05) is 0 Å². The zero-order chi connectivity index (χ0) is 10.6. The van der Waals surface area contributed by atoms with Crippen molar-refractivity contribution >= 4 is 5.95 Å². The minimum atomic E-state index is 0.209. The van der Waals surface area contributed by atoms with Gasteiger partial charge in [0.15, 0.2) is 0 Å². The highest BCUT2D eigenvalue weighted by Gasteiger charge is 2.03. The number of terminal acetylenes is 1. The van der Waals surface area contributed by atoms with E-state index in [9.17, 15) is 0 Å². The van der Waals surface area contributed by atoms with Gasteiger partial charge >= 0.3 is 0 Å². The molecule has 0 spiro atoms. The summed E-state index contributed by atoms with van der Waals surface area (Å²) in [7, 11) is 0. The maximum Gasteiger partial charge on any atom is 0.223 e. The van der Waals surface area contributed by atoms with Crippen LogP contribution in [0, 0.1) is 26.2 Å². The summed E-state index contributed by atoms with van der Waals surface area (Å²) in [4.78, 5) is 8.53. The van der Waals surface area contributed by atoms with Crippen LogP contribution < -0.4 is 5.32 Å². The molecule has 0 fully saturated rings. The molecule has 0 radical (unpaired) electrons. The fraction of sp³-hybridized carbons (Fsp3) is 0.455. The Hall–Kier alpha value is -1.56. The number of rotatable bonds is 3. The maximum atomic E-state index is 5.21. The van der Waals surface area contributed by atoms with Gasteiger partial charge in [0.2, 0.25) is 5.95 Å². The molecule has 0 saturated heterocycles. The summed E-state index contributed by atoms with van der Waals surface area (Å²) in [6.45, 7) is 5.91. The summed E-state index contributed by atoms with van der Waals surface area (Å²) in [5.41, 5.74) is 1.93. The van der Waals surface area contributed by atoms with Crippen molar-refractivity contribution in [1.29, 1.82) is 0 Å². The van der Waals surface area contributed by atoms with E-state index in [1.54, 1.807) is 0 Å². The summed E-state index contributed by atoms with van der Waals surface area (Å²) in [5.74, 6) is 3.26. The highest BCUT2D eigenvalue weighted by atomic mass is 15.1. The Bertz CT molecular complexity index is 332. The Labute approximate surface area is 85.0 Å². The second-order valence-electron chi connectivity index (χ2n) is 3.43. The van der Waals surface area contributed by atoms with Crippen molar-refractivity contribution in [3.63, 3.8) is 0 Å². The molecule has 1 heterocycles. The smallest absolute Gasteiger partial charge is 0.223 e. The molecular formula is C11H15N3. The van der Waals surface area contributed by atoms with Crippen LogP contribution in [0.2, 0.25) is 0 Å². The third-order valence-corrected chi connectivity index (χ3v) is 1.78. The Morgan fingerprint density at radius 2 is 2.00 bits per heavy atom. The number of nitrogens with zero attached hydrogens (tertiary/aromatic N) is 2. The van der Waals surface area contributed by atoms with Gasteiger partial charge in [0.25, 0.3) is 0 Å². The van der Waals surface area contributed by atoms with Crippen LogP contribution in [0.5, 0.6) is 0 Å². The first-order valence-corrected chi connectivity index (χ1v) is 4.64. The molecule has 0 aliphatic heterocycles. The molecule has 3 heteroatoms. The Kier molecular flexibility index (Phi) is 3.47. The molecule has 1 unspecified atom stereocenters. The number of hydrogen-bond acceptors (Lipinski definition) is 3. The van der Waals surface area contributed by atoms with Gasteiger partial charge in [-0.3, -0.25) is 0 Å². The molecular weight excluding hydrogens is 174 g/mol. The van der Waals surface area contributed by atoms with Crippen LogP contribution in [0.4, 0.5) is 5.95 Å². The van der Waals surface area contributed by atoms with Crippen LogP contribution in [0.3, 0.4) is 0 Å². The van der Waals surface area contributed by atoms with Gasteiger partial charge < -0.3 is 5.32 Å². The van der Waals surface area contributed by atoms with Gasteiger partial charge in [-0.2, -0.15) is 0 Å². The van der Waals surface area contributed by atoms with Crippen molar-refractivity contribution < 1.29 is 0 Å². The number of hydrogen-bond donors (Lipinski definition) is 1. The lowest BCUT2D eigenvalue weighted by molar-refractivity contribution is 0.807. The first-order chi connectivity index (χ1) is 6.61. The van der Waals surface area contributed by atoms with Crippen molar-refractivity contribution in [2.45, 2.75) is 33.2 Å². The summed E-state index contributed by atoms with van der Waals surface area (Å²) in [6, 6.07) is 2.15. The first kappa shape index (κ1) is 10.5. The van der Waals surface area contributed by atoms with Crippen molar-refractivity contribution in [3.05, 3.63) is 17.5 Å². The van der Waals surface area contributed by atoms with E-state index < -0.39 is 0 Å².